The lowest BCUT2D eigenvalue weighted by atomic mass is 10.1. The molecule has 1 N–H and O–H groups in total. The molecule has 1 unspecified atom stereocenters. The maximum absolute atomic E-state index is 12.0. The largest absolute Gasteiger partial charge is 0.494 e. The lowest BCUT2D eigenvalue weighted by Gasteiger charge is -2.24. The highest BCUT2D eigenvalue weighted by molar-refractivity contribution is 5.76. The predicted octanol–water partition coefficient (Wildman–Crippen LogP) is 2.48. The van der Waals surface area contributed by atoms with E-state index in [0.29, 0.717) is 13.0 Å². The highest BCUT2D eigenvalue weighted by Crippen LogP contribution is 2.14. The maximum Gasteiger partial charge on any atom is 0.220 e. The van der Waals surface area contributed by atoms with E-state index >= 15 is 0 Å². The number of aromatic nitrogens is 2. The first-order chi connectivity index (χ1) is 11.2. The lowest BCUT2D eigenvalue weighted by molar-refractivity contribution is -0.122. The Labute approximate surface area is 136 Å². The van der Waals surface area contributed by atoms with E-state index in [1.54, 1.807) is 0 Å². The molecule has 0 saturated heterocycles. The van der Waals surface area contributed by atoms with Crippen molar-refractivity contribution in [1.29, 1.82) is 0 Å². The molecule has 1 atom stereocenters. The van der Waals surface area contributed by atoms with Crippen molar-refractivity contribution in [1.82, 2.24) is 14.9 Å². The number of ether oxygens (including phenoxy) is 1. The zero-order chi connectivity index (χ0) is 16.1. The molecule has 0 bridgehead atoms. The van der Waals surface area contributed by atoms with Crippen molar-refractivity contribution in [2.75, 3.05) is 6.61 Å². The molecule has 5 heteroatoms. The zero-order valence-corrected chi connectivity index (χ0v) is 13.5. The van der Waals surface area contributed by atoms with Crippen molar-refractivity contribution in [3.8, 4) is 5.75 Å². The van der Waals surface area contributed by atoms with Crippen LogP contribution in [0.1, 0.15) is 30.7 Å². The first-order valence-corrected chi connectivity index (χ1v) is 8.19. The van der Waals surface area contributed by atoms with Crippen molar-refractivity contribution < 1.29 is 9.53 Å². The predicted molar refractivity (Wildman–Crippen MR) is 88.4 cm³/mol. The molecule has 5 nitrogen and oxygen atoms in total. The molecule has 23 heavy (non-hydrogen) atoms. The molecule has 0 radical (unpaired) electrons. The van der Waals surface area contributed by atoms with Crippen molar-refractivity contribution in [3.63, 3.8) is 0 Å². The van der Waals surface area contributed by atoms with Gasteiger partial charge in [0.25, 0.3) is 0 Å². The number of benzene rings is 1. The number of imidazole rings is 1. The molecule has 0 saturated carbocycles. The molecule has 2 aromatic rings. The Balaban J connectivity index is 1.35. The Morgan fingerprint density at radius 2 is 2.39 bits per heavy atom. The van der Waals surface area contributed by atoms with Gasteiger partial charge in [-0.1, -0.05) is 12.1 Å². The van der Waals surface area contributed by atoms with Crippen LogP contribution in [0.2, 0.25) is 0 Å². The monoisotopic (exact) mass is 313 g/mol. The fourth-order valence-corrected chi connectivity index (χ4v) is 2.91. The summed E-state index contributed by atoms with van der Waals surface area (Å²) in [6.45, 7) is 3.42. The van der Waals surface area contributed by atoms with Gasteiger partial charge in [0, 0.05) is 37.8 Å². The van der Waals surface area contributed by atoms with Crippen LogP contribution in [0.3, 0.4) is 0 Å². The van der Waals surface area contributed by atoms with Crippen molar-refractivity contribution in [3.05, 3.63) is 48.0 Å². The number of carbonyl (C=O) groups is 1. The number of hydrogen-bond donors (Lipinski definition) is 1. The van der Waals surface area contributed by atoms with Crippen LogP contribution < -0.4 is 10.1 Å². The van der Waals surface area contributed by atoms with Gasteiger partial charge >= 0.3 is 0 Å². The zero-order valence-electron chi connectivity index (χ0n) is 13.5. The molecular weight excluding hydrogens is 290 g/mol. The molecule has 0 fully saturated rings. The van der Waals surface area contributed by atoms with E-state index in [1.807, 2.05) is 43.6 Å². The van der Waals surface area contributed by atoms with Crippen LogP contribution >= 0.6 is 0 Å². The van der Waals surface area contributed by atoms with Gasteiger partial charge < -0.3 is 14.6 Å². The average molecular weight is 313 g/mol. The summed E-state index contributed by atoms with van der Waals surface area (Å²) in [7, 11) is 0. The molecule has 1 aliphatic heterocycles. The minimum absolute atomic E-state index is 0.103. The normalized spacial score (nSPS) is 16.7. The molecule has 0 aliphatic carbocycles. The van der Waals surface area contributed by atoms with Gasteiger partial charge in [0.2, 0.25) is 5.91 Å². The van der Waals surface area contributed by atoms with Crippen LogP contribution in [-0.4, -0.2) is 28.1 Å². The number of carbonyl (C=O) groups excluding carboxylic acids is 1. The smallest absolute Gasteiger partial charge is 0.220 e. The molecular formula is C18H23N3O2. The Hall–Kier alpha value is -2.30. The summed E-state index contributed by atoms with van der Waals surface area (Å²) in [5.41, 5.74) is 1.18. The fraction of sp³-hybridized carbons (Fsp3) is 0.444. The van der Waals surface area contributed by atoms with Gasteiger partial charge in [-0.2, -0.15) is 0 Å². The Kier molecular flexibility index (Phi) is 4.95. The van der Waals surface area contributed by atoms with Crippen molar-refractivity contribution in [2.24, 2.45) is 0 Å². The van der Waals surface area contributed by atoms with E-state index in [4.69, 9.17) is 4.74 Å². The molecule has 122 valence electrons. The van der Waals surface area contributed by atoms with Gasteiger partial charge in [-0.3, -0.25) is 4.79 Å². The Bertz CT molecular complexity index is 666. The van der Waals surface area contributed by atoms with Crippen LogP contribution in [0.4, 0.5) is 0 Å². The van der Waals surface area contributed by atoms with E-state index in [1.165, 1.54) is 5.56 Å². The van der Waals surface area contributed by atoms with Gasteiger partial charge in [0.05, 0.1) is 6.61 Å². The topological polar surface area (TPSA) is 56.1 Å². The summed E-state index contributed by atoms with van der Waals surface area (Å²) < 4.78 is 7.79. The van der Waals surface area contributed by atoms with E-state index in [9.17, 15) is 4.79 Å². The third kappa shape index (κ3) is 4.34. The van der Waals surface area contributed by atoms with Gasteiger partial charge in [0.15, 0.2) is 0 Å². The molecule has 0 spiro atoms. The maximum atomic E-state index is 12.0. The minimum atomic E-state index is 0.103. The van der Waals surface area contributed by atoms with Crippen molar-refractivity contribution in [2.45, 2.75) is 45.2 Å². The second-order valence-electron chi connectivity index (χ2n) is 6.07. The average Bonchev–Trinajstić information content (AvgIpc) is 2.99. The van der Waals surface area contributed by atoms with Gasteiger partial charge in [-0.15, -0.1) is 0 Å². The number of rotatable bonds is 6. The number of amides is 1. The number of nitrogens with one attached hydrogen (secondary N) is 1. The standard InChI is InChI=1S/C18H23N3O2/c1-14-4-2-5-16(12-14)23-11-3-6-18(22)20-15-7-8-17-19-9-10-21(17)13-15/h2,4-5,9-10,12,15H,3,6-8,11,13H2,1H3,(H,20,22). The van der Waals surface area contributed by atoms with Gasteiger partial charge in [-0.05, 0) is 37.5 Å². The Morgan fingerprint density at radius 3 is 3.26 bits per heavy atom. The van der Waals surface area contributed by atoms with Crippen LogP contribution in [0.15, 0.2) is 36.7 Å². The quantitative estimate of drug-likeness (QED) is 0.834. The summed E-state index contributed by atoms with van der Waals surface area (Å²) in [5.74, 6) is 2.08. The summed E-state index contributed by atoms with van der Waals surface area (Å²) in [5, 5.41) is 3.11. The number of hydrogen-bond acceptors (Lipinski definition) is 3. The molecule has 3 rings (SSSR count). The van der Waals surface area contributed by atoms with E-state index in [0.717, 1.165) is 37.4 Å². The van der Waals surface area contributed by atoms with Crippen LogP contribution in [0.5, 0.6) is 5.75 Å². The molecule has 1 aromatic heterocycles. The third-order valence-electron chi connectivity index (χ3n) is 4.11. The summed E-state index contributed by atoms with van der Waals surface area (Å²) >= 11 is 0. The highest BCUT2D eigenvalue weighted by Gasteiger charge is 2.19. The van der Waals surface area contributed by atoms with Crippen molar-refractivity contribution >= 4 is 5.91 Å². The summed E-state index contributed by atoms with van der Waals surface area (Å²) in [4.78, 5) is 16.3. The minimum Gasteiger partial charge on any atom is -0.494 e. The SMILES string of the molecule is Cc1cccc(OCCCC(=O)NC2CCc3nccn3C2)c1. The molecule has 2 heterocycles. The first-order valence-electron chi connectivity index (χ1n) is 8.19. The molecule has 1 amide bonds. The fourth-order valence-electron chi connectivity index (χ4n) is 2.91. The second-order valence-corrected chi connectivity index (χ2v) is 6.07. The highest BCUT2D eigenvalue weighted by atomic mass is 16.5. The number of fused-ring (bicyclic) bond motifs is 1. The van der Waals surface area contributed by atoms with Crippen LogP contribution in [0, 0.1) is 6.92 Å². The van der Waals surface area contributed by atoms with Crippen LogP contribution in [-0.2, 0) is 17.8 Å². The Morgan fingerprint density at radius 1 is 1.48 bits per heavy atom. The second kappa shape index (κ2) is 7.31. The van der Waals surface area contributed by atoms with Crippen LogP contribution in [0.25, 0.3) is 0 Å². The first kappa shape index (κ1) is 15.6. The molecule has 1 aliphatic rings. The third-order valence-corrected chi connectivity index (χ3v) is 4.11. The van der Waals surface area contributed by atoms with Gasteiger partial charge in [-0.25, -0.2) is 4.98 Å². The van der Waals surface area contributed by atoms with E-state index in [-0.39, 0.29) is 11.9 Å². The van der Waals surface area contributed by atoms with E-state index in [2.05, 4.69) is 14.9 Å². The van der Waals surface area contributed by atoms with E-state index < -0.39 is 0 Å². The summed E-state index contributed by atoms with van der Waals surface area (Å²) in [6, 6.07) is 8.17. The lowest BCUT2D eigenvalue weighted by Crippen LogP contribution is -2.40. The number of aryl methyl sites for hydroxylation is 2. The van der Waals surface area contributed by atoms with Gasteiger partial charge in [0.1, 0.15) is 11.6 Å². The number of nitrogens with zero attached hydrogens (tertiary/aromatic N) is 2. The summed E-state index contributed by atoms with van der Waals surface area (Å²) in [6.07, 6.45) is 6.91. The molecule has 1 aromatic carbocycles.